The van der Waals surface area contributed by atoms with Gasteiger partial charge in [0.1, 0.15) is 5.65 Å². The molecule has 2 aromatic heterocycles. The summed E-state index contributed by atoms with van der Waals surface area (Å²) < 4.78 is 5.32. The highest BCUT2D eigenvalue weighted by atomic mass is 79.9. The molecule has 0 fully saturated rings. The predicted octanol–water partition coefficient (Wildman–Crippen LogP) is 3.10. The lowest BCUT2D eigenvalue weighted by molar-refractivity contribution is 0.111. The Balaban J connectivity index is 0.000000317. The zero-order chi connectivity index (χ0) is 12.8. The largest absolute Gasteiger partial charge is 0.385 e. The van der Waals surface area contributed by atoms with Gasteiger partial charge in [0, 0.05) is 24.8 Å². The molecule has 0 aliphatic heterocycles. The van der Waals surface area contributed by atoms with Gasteiger partial charge >= 0.3 is 0 Å². The lowest BCUT2D eigenvalue weighted by atomic mass is 10.3. The minimum atomic E-state index is 0.535. The molecule has 1 N–H and O–H groups in total. The SMILES string of the molecule is CCOC.Cc1ccc2c(Br)c(C=O)[nH]c2n1. The molecule has 0 radical (unpaired) electrons. The van der Waals surface area contributed by atoms with E-state index in [4.69, 9.17) is 0 Å². The van der Waals surface area contributed by atoms with Gasteiger partial charge in [0.05, 0.1) is 10.2 Å². The van der Waals surface area contributed by atoms with Crippen LogP contribution in [0.15, 0.2) is 16.6 Å². The Morgan fingerprint density at radius 2 is 2.18 bits per heavy atom. The first-order chi connectivity index (χ1) is 8.13. The van der Waals surface area contributed by atoms with Crippen LogP contribution < -0.4 is 0 Å². The van der Waals surface area contributed by atoms with E-state index in [1.807, 2.05) is 26.0 Å². The lowest BCUT2D eigenvalue weighted by Gasteiger charge is -1.91. The van der Waals surface area contributed by atoms with Crippen molar-refractivity contribution >= 4 is 33.2 Å². The van der Waals surface area contributed by atoms with E-state index in [1.165, 1.54) is 0 Å². The molecule has 4 nitrogen and oxygen atoms in total. The van der Waals surface area contributed by atoms with Crippen LogP contribution in [0.2, 0.25) is 0 Å². The molecule has 0 spiro atoms. The van der Waals surface area contributed by atoms with Crippen LogP contribution in [-0.4, -0.2) is 30.0 Å². The summed E-state index contributed by atoms with van der Waals surface area (Å²) >= 11 is 3.33. The summed E-state index contributed by atoms with van der Waals surface area (Å²) in [6.07, 6.45) is 0.779. The third-order valence-electron chi connectivity index (χ3n) is 2.17. The van der Waals surface area contributed by atoms with Gasteiger partial charge in [-0.15, -0.1) is 0 Å². The molecule has 2 rings (SSSR count). The number of rotatable bonds is 2. The maximum absolute atomic E-state index is 10.6. The van der Waals surface area contributed by atoms with Crippen molar-refractivity contribution in [2.75, 3.05) is 13.7 Å². The topological polar surface area (TPSA) is 55.0 Å². The average Bonchev–Trinajstić information content (AvgIpc) is 2.65. The summed E-state index contributed by atoms with van der Waals surface area (Å²) in [5.74, 6) is 0. The van der Waals surface area contributed by atoms with Gasteiger partial charge in [0.2, 0.25) is 0 Å². The molecule has 0 bridgehead atoms. The highest BCUT2D eigenvalue weighted by Gasteiger charge is 2.08. The number of ether oxygens (including phenoxy) is 1. The Morgan fingerprint density at radius 3 is 2.71 bits per heavy atom. The van der Waals surface area contributed by atoms with Crippen LogP contribution in [0.25, 0.3) is 11.0 Å². The quantitative estimate of drug-likeness (QED) is 0.867. The third kappa shape index (κ3) is 3.38. The van der Waals surface area contributed by atoms with Gasteiger partial charge < -0.3 is 9.72 Å². The van der Waals surface area contributed by atoms with Crippen molar-refractivity contribution in [2.24, 2.45) is 0 Å². The first-order valence-corrected chi connectivity index (χ1v) is 6.02. The maximum atomic E-state index is 10.6. The molecule has 2 aromatic rings. The van der Waals surface area contributed by atoms with Gasteiger partial charge in [0.15, 0.2) is 6.29 Å². The molecule has 0 unspecified atom stereocenters. The predicted molar refractivity (Wildman–Crippen MR) is 71.5 cm³/mol. The number of aryl methyl sites for hydroxylation is 1. The van der Waals surface area contributed by atoms with Crippen molar-refractivity contribution in [1.29, 1.82) is 0 Å². The van der Waals surface area contributed by atoms with Crippen molar-refractivity contribution in [3.8, 4) is 0 Å². The van der Waals surface area contributed by atoms with Gasteiger partial charge in [0.25, 0.3) is 0 Å². The molecule has 0 atom stereocenters. The molecular weight excluding hydrogens is 284 g/mol. The molecule has 2 heterocycles. The highest BCUT2D eigenvalue weighted by Crippen LogP contribution is 2.25. The minimum Gasteiger partial charge on any atom is -0.385 e. The van der Waals surface area contributed by atoms with E-state index in [9.17, 15) is 4.79 Å². The molecule has 0 saturated heterocycles. The van der Waals surface area contributed by atoms with Gasteiger partial charge in [-0.3, -0.25) is 4.79 Å². The monoisotopic (exact) mass is 298 g/mol. The Kier molecular flexibility index (Phi) is 5.31. The number of nitrogens with one attached hydrogen (secondary N) is 1. The van der Waals surface area contributed by atoms with Crippen LogP contribution in [0, 0.1) is 6.92 Å². The normalized spacial score (nSPS) is 9.88. The highest BCUT2D eigenvalue weighted by molar-refractivity contribution is 9.10. The lowest BCUT2D eigenvalue weighted by Crippen LogP contribution is -1.81. The average molecular weight is 299 g/mol. The first kappa shape index (κ1) is 13.9. The number of carbonyl (C=O) groups excluding carboxylic acids is 1. The van der Waals surface area contributed by atoms with E-state index in [0.717, 1.165) is 34.1 Å². The second-order valence-corrected chi connectivity index (χ2v) is 4.19. The van der Waals surface area contributed by atoms with E-state index < -0.39 is 0 Å². The number of halogens is 1. The third-order valence-corrected chi connectivity index (χ3v) is 3.02. The van der Waals surface area contributed by atoms with E-state index in [0.29, 0.717) is 5.69 Å². The van der Waals surface area contributed by atoms with Crippen molar-refractivity contribution in [3.63, 3.8) is 0 Å². The van der Waals surface area contributed by atoms with Crippen LogP contribution >= 0.6 is 15.9 Å². The van der Waals surface area contributed by atoms with E-state index in [2.05, 4.69) is 30.6 Å². The Labute approximate surface area is 109 Å². The van der Waals surface area contributed by atoms with Crippen LogP contribution in [0.4, 0.5) is 0 Å². The molecule has 0 saturated carbocycles. The number of H-pyrrole nitrogens is 1. The fraction of sp³-hybridized carbons (Fsp3) is 0.333. The smallest absolute Gasteiger partial charge is 0.167 e. The standard InChI is InChI=1S/C9H7BrN2O.C3H8O/c1-5-2-3-6-8(10)7(4-13)12-9(6)11-5;1-3-4-2/h2-4H,1H3,(H,11,12);3H2,1-2H3. The Hall–Kier alpha value is -1.20. The molecule has 0 aliphatic carbocycles. The minimum absolute atomic E-state index is 0.535. The van der Waals surface area contributed by atoms with Gasteiger partial charge in [-0.1, -0.05) is 0 Å². The van der Waals surface area contributed by atoms with Crippen LogP contribution in [-0.2, 0) is 4.74 Å². The van der Waals surface area contributed by atoms with Gasteiger partial charge in [-0.25, -0.2) is 4.98 Å². The number of aromatic amines is 1. The summed E-state index contributed by atoms with van der Waals surface area (Å²) in [7, 11) is 1.68. The Morgan fingerprint density at radius 1 is 1.53 bits per heavy atom. The summed E-state index contributed by atoms with van der Waals surface area (Å²) in [6.45, 7) is 4.69. The summed E-state index contributed by atoms with van der Waals surface area (Å²) in [4.78, 5) is 17.8. The molecule has 0 aliphatic rings. The van der Waals surface area contributed by atoms with Crippen molar-refractivity contribution < 1.29 is 9.53 Å². The van der Waals surface area contributed by atoms with Crippen molar-refractivity contribution in [3.05, 3.63) is 28.0 Å². The van der Waals surface area contributed by atoms with Gasteiger partial charge in [-0.05, 0) is 41.9 Å². The number of hydrogen-bond acceptors (Lipinski definition) is 3. The first-order valence-electron chi connectivity index (χ1n) is 5.23. The fourth-order valence-electron chi connectivity index (χ4n) is 1.24. The number of aldehydes is 1. The molecular formula is C12H15BrN2O2. The number of nitrogens with zero attached hydrogens (tertiary/aromatic N) is 1. The van der Waals surface area contributed by atoms with E-state index in [1.54, 1.807) is 7.11 Å². The fourth-order valence-corrected chi connectivity index (χ4v) is 1.75. The second kappa shape index (κ2) is 6.51. The molecule has 17 heavy (non-hydrogen) atoms. The van der Waals surface area contributed by atoms with E-state index in [-0.39, 0.29) is 0 Å². The number of hydrogen-bond donors (Lipinski definition) is 1. The van der Waals surface area contributed by atoms with Crippen molar-refractivity contribution in [1.82, 2.24) is 9.97 Å². The zero-order valence-electron chi connectivity index (χ0n) is 10.1. The summed E-state index contributed by atoms with van der Waals surface area (Å²) in [5.41, 5.74) is 2.21. The number of aromatic nitrogens is 2. The molecule has 0 amide bonds. The van der Waals surface area contributed by atoms with Crippen molar-refractivity contribution in [2.45, 2.75) is 13.8 Å². The zero-order valence-corrected chi connectivity index (χ0v) is 11.7. The van der Waals surface area contributed by atoms with E-state index >= 15 is 0 Å². The summed E-state index contributed by atoms with van der Waals surface area (Å²) in [6, 6.07) is 3.85. The number of methoxy groups -OCH3 is 1. The maximum Gasteiger partial charge on any atom is 0.167 e. The van der Waals surface area contributed by atoms with Crippen LogP contribution in [0.1, 0.15) is 23.1 Å². The van der Waals surface area contributed by atoms with Crippen LogP contribution in [0.3, 0.4) is 0 Å². The summed E-state index contributed by atoms with van der Waals surface area (Å²) in [5, 5.41) is 0.938. The van der Waals surface area contributed by atoms with Crippen LogP contribution in [0.5, 0.6) is 0 Å². The van der Waals surface area contributed by atoms with Gasteiger partial charge in [-0.2, -0.15) is 0 Å². The molecule has 0 aromatic carbocycles. The molecule has 5 heteroatoms. The Bertz CT molecular complexity index is 506. The molecule has 92 valence electrons. The second-order valence-electron chi connectivity index (χ2n) is 3.40. The number of pyridine rings is 1. The number of carbonyl (C=O) groups is 1. The number of fused-ring (bicyclic) bond motifs is 1.